The average molecular weight is 623 g/mol. The van der Waals surface area contributed by atoms with Gasteiger partial charge in [0.15, 0.2) is 0 Å². The predicted molar refractivity (Wildman–Crippen MR) is 170 cm³/mol. The van der Waals surface area contributed by atoms with Crippen LogP contribution < -0.4 is 20.3 Å². The lowest BCUT2D eigenvalue weighted by Gasteiger charge is -2.38. The van der Waals surface area contributed by atoms with Gasteiger partial charge < -0.3 is 15.1 Å². The van der Waals surface area contributed by atoms with Crippen molar-refractivity contribution in [3.63, 3.8) is 0 Å². The number of carbonyl (C=O) groups excluding carboxylic acids is 2. The van der Waals surface area contributed by atoms with Crippen molar-refractivity contribution in [2.75, 3.05) is 41.6 Å². The van der Waals surface area contributed by atoms with E-state index in [-0.39, 0.29) is 17.6 Å². The van der Waals surface area contributed by atoms with E-state index in [0.717, 1.165) is 28.8 Å². The first-order valence-electron chi connectivity index (χ1n) is 14.6. The minimum Gasteiger partial charge on any atom is -0.366 e. The maximum absolute atomic E-state index is 13.9. The van der Waals surface area contributed by atoms with E-state index in [4.69, 9.17) is 11.6 Å². The quantitative estimate of drug-likeness (QED) is 0.316. The van der Waals surface area contributed by atoms with Crippen LogP contribution in [0.1, 0.15) is 36.1 Å². The molecule has 2 heterocycles. The number of nitrogens with zero attached hydrogens (tertiary/aromatic N) is 2. The second-order valence-corrected chi connectivity index (χ2v) is 13.1. The number of fused-ring (bicyclic) bond motifs is 1. The molecule has 2 atom stereocenters. The number of amides is 2. The van der Waals surface area contributed by atoms with Crippen LogP contribution in [0.5, 0.6) is 0 Å². The van der Waals surface area contributed by atoms with Gasteiger partial charge in [0.05, 0.1) is 17.1 Å². The Morgan fingerprint density at radius 1 is 0.977 bits per heavy atom. The Labute approximate surface area is 258 Å². The summed E-state index contributed by atoms with van der Waals surface area (Å²) < 4.78 is 27.6. The molecule has 1 fully saturated rings. The van der Waals surface area contributed by atoms with Gasteiger partial charge in [-0.15, -0.1) is 0 Å². The highest BCUT2D eigenvalue weighted by atomic mass is 35.5. The maximum atomic E-state index is 13.9. The SMILES string of the molecule is CCCS(=O)(=O)Nc1ccccc1N1CCN(C(=O)[C@@H](Cc2ccc(Cl)cc2)NC(=O)C2N[CH]Cc3ccccc32)CC1. The van der Waals surface area contributed by atoms with Crippen molar-refractivity contribution >= 4 is 44.8 Å². The number of benzene rings is 3. The first-order chi connectivity index (χ1) is 20.7. The summed E-state index contributed by atoms with van der Waals surface area (Å²) in [6.07, 6.45) is 1.57. The van der Waals surface area contributed by atoms with Crippen LogP contribution in [-0.2, 0) is 32.5 Å². The van der Waals surface area contributed by atoms with Crippen LogP contribution in [0.3, 0.4) is 0 Å². The normalized spacial score (nSPS) is 17.6. The van der Waals surface area contributed by atoms with E-state index in [1.165, 1.54) is 0 Å². The van der Waals surface area contributed by atoms with Crippen molar-refractivity contribution in [3.05, 3.63) is 101 Å². The van der Waals surface area contributed by atoms with E-state index >= 15 is 0 Å². The zero-order chi connectivity index (χ0) is 30.4. The number of carbonyl (C=O) groups is 2. The van der Waals surface area contributed by atoms with Gasteiger partial charge in [0.25, 0.3) is 0 Å². The molecule has 2 aliphatic heterocycles. The summed E-state index contributed by atoms with van der Waals surface area (Å²) in [6.45, 7) is 5.61. The lowest BCUT2D eigenvalue weighted by Crippen LogP contribution is -2.56. The van der Waals surface area contributed by atoms with Crippen LogP contribution in [0.15, 0.2) is 72.8 Å². The molecule has 0 bridgehead atoms. The molecule has 1 radical (unpaired) electrons. The van der Waals surface area contributed by atoms with Gasteiger partial charge >= 0.3 is 0 Å². The molecule has 1 saturated heterocycles. The second-order valence-electron chi connectivity index (χ2n) is 10.8. The molecule has 3 aromatic carbocycles. The molecule has 43 heavy (non-hydrogen) atoms. The standard InChI is InChI=1S/C32H37ClN5O4S/c1-2-21-43(41,42)36-27-9-5-6-10-29(27)37-17-19-38(20-18-37)32(40)28(22-23-11-13-25(33)14-12-23)35-31(39)30-26-8-4-3-7-24(26)15-16-34-30/h3-14,16,28,30,34,36H,2,15,17-22H2,1H3,(H,35,39)/t28-,30?/m1/s1. The van der Waals surface area contributed by atoms with Gasteiger partial charge in [-0.1, -0.05) is 67.1 Å². The summed E-state index contributed by atoms with van der Waals surface area (Å²) in [6, 6.07) is 21.1. The number of anilines is 2. The van der Waals surface area contributed by atoms with Crippen molar-refractivity contribution in [1.29, 1.82) is 0 Å². The van der Waals surface area contributed by atoms with E-state index in [2.05, 4.69) is 20.3 Å². The van der Waals surface area contributed by atoms with Crippen LogP contribution in [0, 0.1) is 6.54 Å². The number of piperazine rings is 1. The monoisotopic (exact) mass is 622 g/mol. The van der Waals surface area contributed by atoms with E-state index in [1.807, 2.05) is 62.0 Å². The first-order valence-corrected chi connectivity index (χ1v) is 16.6. The molecule has 3 aromatic rings. The number of hydrogen-bond donors (Lipinski definition) is 3. The van der Waals surface area contributed by atoms with Gasteiger partial charge in [-0.2, -0.15) is 0 Å². The third-order valence-corrected chi connectivity index (χ3v) is 9.51. The molecule has 11 heteroatoms. The van der Waals surface area contributed by atoms with Crippen LogP contribution >= 0.6 is 11.6 Å². The zero-order valence-corrected chi connectivity index (χ0v) is 25.7. The lowest BCUT2D eigenvalue weighted by molar-refractivity contribution is -0.137. The molecule has 0 spiro atoms. The summed E-state index contributed by atoms with van der Waals surface area (Å²) in [4.78, 5) is 31.4. The maximum Gasteiger partial charge on any atom is 0.245 e. The Bertz CT molecular complexity index is 1540. The molecule has 2 amide bonds. The molecule has 5 rings (SSSR count). The topological polar surface area (TPSA) is 111 Å². The van der Waals surface area contributed by atoms with Gasteiger partial charge in [-0.3, -0.25) is 19.6 Å². The summed E-state index contributed by atoms with van der Waals surface area (Å²) in [7, 11) is -3.45. The minimum absolute atomic E-state index is 0.0460. The smallest absolute Gasteiger partial charge is 0.245 e. The summed E-state index contributed by atoms with van der Waals surface area (Å²) in [5, 5.41) is 6.83. The number of rotatable bonds is 10. The summed E-state index contributed by atoms with van der Waals surface area (Å²) >= 11 is 6.09. The molecule has 0 aliphatic carbocycles. The first kappa shape index (κ1) is 30.8. The molecular weight excluding hydrogens is 586 g/mol. The lowest BCUT2D eigenvalue weighted by atomic mass is 9.93. The Morgan fingerprint density at radius 3 is 2.42 bits per heavy atom. The number of nitrogens with one attached hydrogen (secondary N) is 3. The van der Waals surface area contributed by atoms with E-state index in [9.17, 15) is 18.0 Å². The van der Waals surface area contributed by atoms with Gasteiger partial charge in [-0.05, 0) is 53.8 Å². The Morgan fingerprint density at radius 2 is 1.67 bits per heavy atom. The van der Waals surface area contributed by atoms with Crippen LogP contribution in [-0.4, -0.2) is 63.1 Å². The fourth-order valence-electron chi connectivity index (χ4n) is 5.62. The molecule has 0 aromatic heterocycles. The molecule has 3 N–H and O–H groups in total. The number of hydrogen-bond acceptors (Lipinski definition) is 6. The van der Waals surface area contributed by atoms with Crippen molar-refractivity contribution in [1.82, 2.24) is 15.5 Å². The van der Waals surface area contributed by atoms with Crippen LogP contribution in [0.25, 0.3) is 0 Å². The molecule has 1 unspecified atom stereocenters. The Balaban J connectivity index is 1.30. The zero-order valence-electron chi connectivity index (χ0n) is 24.1. The largest absolute Gasteiger partial charge is 0.366 e. The summed E-state index contributed by atoms with van der Waals surface area (Å²) in [5.41, 5.74) is 4.18. The number of halogens is 1. The Kier molecular flexibility index (Phi) is 9.90. The fourth-order valence-corrected chi connectivity index (χ4v) is 6.89. The van der Waals surface area contributed by atoms with E-state index < -0.39 is 22.1 Å². The van der Waals surface area contributed by atoms with Gasteiger partial charge in [0, 0.05) is 44.2 Å². The molecular formula is C32H37ClN5O4S. The fraction of sp³-hybridized carbons (Fsp3) is 0.344. The van der Waals surface area contributed by atoms with Crippen molar-refractivity contribution in [3.8, 4) is 0 Å². The van der Waals surface area contributed by atoms with E-state index in [0.29, 0.717) is 49.7 Å². The third kappa shape index (κ3) is 7.68. The highest BCUT2D eigenvalue weighted by Gasteiger charge is 2.33. The average Bonchev–Trinajstić information content (AvgIpc) is 3.01. The number of sulfonamides is 1. The molecule has 9 nitrogen and oxygen atoms in total. The molecule has 0 saturated carbocycles. The predicted octanol–water partition coefficient (Wildman–Crippen LogP) is 3.92. The highest BCUT2D eigenvalue weighted by Crippen LogP contribution is 2.28. The minimum atomic E-state index is -3.45. The van der Waals surface area contributed by atoms with Gasteiger partial charge in [-0.25, -0.2) is 8.42 Å². The van der Waals surface area contributed by atoms with Crippen LogP contribution in [0.2, 0.25) is 5.02 Å². The molecule has 227 valence electrons. The van der Waals surface area contributed by atoms with E-state index in [1.54, 1.807) is 29.2 Å². The van der Waals surface area contributed by atoms with Crippen molar-refractivity contribution in [2.45, 2.75) is 38.3 Å². The van der Waals surface area contributed by atoms with Gasteiger partial charge in [0.1, 0.15) is 12.1 Å². The second kappa shape index (κ2) is 13.8. The van der Waals surface area contributed by atoms with Crippen molar-refractivity contribution < 1.29 is 18.0 Å². The third-order valence-electron chi connectivity index (χ3n) is 7.78. The van der Waals surface area contributed by atoms with Crippen LogP contribution in [0.4, 0.5) is 11.4 Å². The number of para-hydroxylation sites is 2. The van der Waals surface area contributed by atoms with Gasteiger partial charge in [0.2, 0.25) is 21.8 Å². The molecule has 2 aliphatic rings. The van der Waals surface area contributed by atoms with Crippen molar-refractivity contribution in [2.24, 2.45) is 0 Å². The Hall–Kier alpha value is -3.60. The highest BCUT2D eigenvalue weighted by molar-refractivity contribution is 7.92. The summed E-state index contributed by atoms with van der Waals surface area (Å²) in [5.74, 6) is -0.375.